The number of hydrogen-bond donors (Lipinski definition) is 2. The van der Waals surface area contributed by atoms with Crippen LogP contribution in [0, 0.1) is 5.92 Å². The van der Waals surface area contributed by atoms with Gasteiger partial charge in [-0.3, -0.25) is 4.79 Å². The molecule has 18 heavy (non-hydrogen) atoms. The summed E-state index contributed by atoms with van der Waals surface area (Å²) in [4.78, 5) is 11.9. The van der Waals surface area contributed by atoms with E-state index in [9.17, 15) is 9.90 Å². The van der Waals surface area contributed by atoms with Crippen LogP contribution >= 0.6 is 0 Å². The first-order valence-corrected chi connectivity index (χ1v) is 7.21. The average molecular weight is 255 g/mol. The summed E-state index contributed by atoms with van der Waals surface area (Å²) in [5.41, 5.74) is 0. The summed E-state index contributed by atoms with van der Waals surface area (Å²) in [5, 5.41) is 12.9. The molecule has 2 fully saturated rings. The Balaban J connectivity index is 1.74. The van der Waals surface area contributed by atoms with Crippen LogP contribution in [0.3, 0.4) is 0 Å². The summed E-state index contributed by atoms with van der Waals surface area (Å²) in [6, 6.07) is -0.119. The molecule has 4 heteroatoms. The second-order valence-electron chi connectivity index (χ2n) is 5.72. The number of aliphatic hydroxyl groups is 1. The van der Waals surface area contributed by atoms with E-state index in [2.05, 4.69) is 5.32 Å². The number of methoxy groups -OCH3 is 1. The van der Waals surface area contributed by atoms with Gasteiger partial charge >= 0.3 is 0 Å². The van der Waals surface area contributed by atoms with E-state index < -0.39 is 6.10 Å². The minimum Gasteiger partial charge on any atom is -0.388 e. The van der Waals surface area contributed by atoms with Gasteiger partial charge in [-0.25, -0.2) is 0 Å². The van der Waals surface area contributed by atoms with Crippen LogP contribution in [0.25, 0.3) is 0 Å². The quantitative estimate of drug-likeness (QED) is 0.802. The molecule has 0 heterocycles. The minimum absolute atomic E-state index is 0.0997. The lowest BCUT2D eigenvalue weighted by Gasteiger charge is -2.23. The zero-order chi connectivity index (χ0) is 13.0. The molecule has 2 rings (SSSR count). The van der Waals surface area contributed by atoms with Gasteiger partial charge in [0.25, 0.3) is 0 Å². The van der Waals surface area contributed by atoms with Crippen molar-refractivity contribution >= 4 is 5.91 Å². The van der Waals surface area contributed by atoms with Crippen molar-refractivity contribution in [2.24, 2.45) is 5.92 Å². The molecule has 3 atom stereocenters. The molecule has 2 N–H and O–H groups in total. The third-order valence-corrected chi connectivity index (χ3v) is 4.40. The zero-order valence-electron chi connectivity index (χ0n) is 11.2. The average Bonchev–Trinajstić information content (AvgIpc) is 2.71. The highest BCUT2D eigenvalue weighted by Crippen LogP contribution is 2.27. The van der Waals surface area contributed by atoms with Crippen LogP contribution in [0.4, 0.5) is 0 Å². The fourth-order valence-corrected chi connectivity index (χ4v) is 3.28. The number of amides is 1. The smallest absolute Gasteiger partial charge is 0.220 e. The molecule has 0 aromatic rings. The molecular formula is C14H25NO3. The molecule has 2 aliphatic carbocycles. The maximum absolute atomic E-state index is 11.9. The maximum atomic E-state index is 11.9. The van der Waals surface area contributed by atoms with Crippen molar-refractivity contribution in [3.63, 3.8) is 0 Å². The van der Waals surface area contributed by atoms with Crippen LogP contribution in [-0.4, -0.2) is 36.4 Å². The van der Waals surface area contributed by atoms with Gasteiger partial charge in [0.1, 0.15) is 6.10 Å². The van der Waals surface area contributed by atoms with Crippen LogP contribution in [0.15, 0.2) is 0 Å². The summed E-state index contributed by atoms with van der Waals surface area (Å²) in [6.07, 6.45) is 7.79. The molecule has 0 aromatic carbocycles. The summed E-state index contributed by atoms with van der Waals surface area (Å²) < 4.78 is 5.18. The molecule has 0 aliphatic heterocycles. The lowest BCUT2D eigenvalue weighted by molar-refractivity contribution is -0.124. The fourth-order valence-electron chi connectivity index (χ4n) is 3.28. The Kier molecular flexibility index (Phi) is 5.01. The molecule has 0 spiro atoms. The lowest BCUT2D eigenvalue weighted by Crippen LogP contribution is -2.43. The van der Waals surface area contributed by atoms with E-state index in [1.165, 1.54) is 32.1 Å². The third kappa shape index (κ3) is 3.45. The van der Waals surface area contributed by atoms with Gasteiger partial charge in [0.05, 0.1) is 12.1 Å². The summed E-state index contributed by atoms with van der Waals surface area (Å²) in [5.74, 6) is 0.651. The maximum Gasteiger partial charge on any atom is 0.220 e. The molecule has 1 amide bonds. The van der Waals surface area contributed by atoms with Crippen molar-refractivity contribution in [2.75, 3.05) is 7.11 Å². The highest BCUT2D eigenvalue weighted by Gasteiger charge is 2.35. The van der Waals surface area contributed by atoms with Gasteiger partial charge in [0.15, 0.2) is 0 Å². The normalized spacial score (nSPS) is 33.6. The topological polar surface area (TPSA) is 58.6 Å². The van der Waals surface area contributed by atoms with Crippen LogP contribution in [-0.2, 0) is 9.53 Å². The van der Waals surface area contributed by atoms with Crippen molar-refractivity contribution in [1.82, 2.24) is 5.32 Å². The van der Waals surface area contributed by atoms with Crippen molar-refractivity contribution in [3.8, 4) is 0 Å². The number of carbonyl (C=O) groups is 1. The monoisotopic (exact) mass is 255 g/mol. The van der Waals surface area contributed by atoms with E-state index >= 15 is 0 Å². The number of hydrogen-bond acceptors (Lipinski definition) is 3. The Morgan fingerprint density at radius 2 is 1.94 bits per heavy atom. The van der Waals surface area contributed by atoms with Crippen molar-refractivity contribution < 1.29 is 14.6 Å². The van der Waals surface area contributed by atoms with Crippen molar-refractivity contribution in [2.45, 2.75) is 69.6 Å². The van der Waals surface area contributed by atoms with E-state index in [0.29, 0.717) is 12.3 Å². The van der Waals surface area contributed by atoms with Gasteiger partial charge in [-0.2, -0.15) is 0 Å². The number of carbonyl (C=O) groups excluding carboxylic acids is 1. The van der Waals surface area contributed by atoms with E-state index in [1.807, 2.05) is 0 Å². The number of rotatable bonds is 4. The lowest BCUT2D eigenvalue weighted by atomic mass is 9.87. The summed E-state index contributed by atoms with van der Waals surface area (Å²) in [7, 11) is 1.61. The first-order valence-electron chi connectivity index (χ1n) is 7.21. The predicted octanol–water partition coefficient (Wildman–Crippen LogP) is 1.61. The SMILES string of the molecule is CO[C@@H]1CC[C@@H](NC(=O)CC2CCCCC2)[C@H]1O. The van der Waals surface area contributed by atoms with E-state index in [1.54, 1.807) is 7.11 Å². The molecule has 0 radical (unpaired) electrons. The Labute approximate surface area is 109 Å². The van der Waals surface area contributed by atoms with Crippen LogP contribution in [0.2, 0.25) is 0 Å². The molecular weight excluding hydrogens is 230 g/mol. The first-order chi connectivity index (χ1) is 8.70. The van der Waals surface area contributed by atoms with Crippen LogP contribution in [0.1, 0.15) is 51.4 Å². The molecule has 104 valence electrons. The van der Waals surface area contributed by atoms with Crippen molar-refractivity contribution in [1.29, 1.82) is 0 Å². The molecule has 0 saturated heterocycles. The molecule has 0 aromatic heterocycles. The second kappa shape index (κ2) is 6.53. The highest BCUT2D eigenvalue weighted by molar-refractivity contribution is 5.76. The molecule has 2 aliphatic rings. The largest absolute Gasteiger partial charge is 0.388 e. The Hall–Kier alpha value is -0.610. The standard InChI is InChI=1S/C14H25NO3/c1-18-12-8-7-11(14(12)17)15-13(16)9-10-5-3-2-4-6-10/h10-12,14,17H,2-9H2,1H3,(H,15,16)/t11-,12-,14-/m1/s1. The molecule has 0 bridgehead atoms. The van der Waals surface area contributed by atoms with Gasteiger partial charge in [-0.15, -0.1) is 0 Å². The fraction of sp³-hybridized carbons (Fsp3) is 0.929. The van der Waals surface area contributed by atoms with Crippen LogP contribution < -0.4 is 5.32 Å². The highest BCUT2D eigenvalue weighted by atomic mass is 16.5. The van der Waals surface area contributed by atoms with E-state index in [4.69, 9.17) is 4.74 Å². The number of ether oxygens (including phenoxy) is 1. The third-order valence-electron chi connectivity index (χ3n) is 4.40. The first kappa shape index (κ1) is 13.8. The Morgan fingerprint density at radius 1 is 1.22 bits per heavy atom. The number of nitrogens with one attached hydrogen (secondary N) is 1. The van der Waals surface area contributed by atoms with Gasteiger partial charge in [-0.05, 0) is 31.6 Å². The molecule has 4 nitrogen and oxygen atoms in total. The predicted molar refractivity (Wildman–Crippen MR) is 69.2 cm³/mol. The van der Waals surface area contributed by atoms with Crippen LogP contribution in [0.5, 0.6) is 0 Å². The second-order valence-corrected chi connectivity index (χ2v) is 5.72. The Morgan fingerprint density at radius 3 is 2.56 bits per heavy atom. The van der Waals surface area contributed by atoms with Gasteiger partial charge in [0, 0.05) is 13.5 Å². The van der Waals surface area contributed by atoms with Gasteiger partial charge < -0.3 is 15.2 Å². The van der Waals surface area contributed by atoms with Gasteiger partial charge in [0.2, 0.25) is 5.91 Å². The van der Waals surface area contributed by atoms with Crippen molar-refractivity contribution in [3.05, 3.63) is 0 Å². The molecule has 0 unspecified atom stereocenters. The number of aliphatic hydroxyl groups excluding tert-OH is 1. The zero-order valence-corrected chi connectivity index (χ0v) is 11.2. The Bertz CT molecular complexity index is 276. The summed E-state index contributed by atoms with van der Waals surface area (Å²) >= 11 is 0. The van der Waals surface area contributed by atoms with E-state index in [0.717, 1.165) is 12.8 Å². The molecule has 2 saturated carbocycles. The minimum atomic E-state index is -0.551. The van der Waals surface area contributed by atoms with E-state index in [-0.39, 0.29) is 18.1 Å². The van der Waals surface area contributed by atoms with Gasteiger partial charge in [-0.1, -0.05) is 19.3 Å². The summed E-state index contributed by atoms with van der Waals surface area (Å²) in [6.45, 7) is 0.